The summed E-state index contributed by atoms with van der Waals surface area (Å²) in [6.07, 6.45) is 1.79. The zero-order chi connectivity index (χ0) is 22.9. The number of nitrogens with one attached hydrogen (secondary N) is 1. The number of methoxy groups -OCH3 is 1. The van der Waals surface area contributed by atoms with Crippen LogP contribution in [-0.4, -0.2) is 17.2 Å². The van der Waals surface area contributed by atoms with Crippen molar-refractivity contribution in [2.24, 2.45) is 0 Å². The van der Waals surface area contributed by atoms with Crippen molar-refractivity contribution in [1.29, 1.82) is 0 Å². The molecule has 0 bridgehead atoms. The van der Waals surface area contributed by atoms with Gasteiger partial charge in [0.15, 0.2) is 5.11 Å². The molecule has 2 atom stereocenters. The second-order valence-electron chi connectivity index (χ2n) is 7.88. The Hall–Kier alpha value is -3.16. The lowest BCUT2D eigenvalue weighted by Gasteiger charge is -2.26. The van der Waals surface area contributed by atoms with E-state index in [9.17, 15) is 0 Å². The van der Waals surface area contributed by atoms with Gasteiger partial charge in [-0.25, -0.2) is 0 Å². The average molecular weight is 520 g/mol. The second kappa shape index (κ2) is 9.00. The largest absolute Gasteiger partial charge is 0.497 e. The molecule has 1 N–H and O–H groups in total. The summed E-state index contributed by atoms with van der Waals surface area (Å²) in [5, 5.41) is 4.07. The summed E-state index contributed by atoms with van der Waals surface area (Å²) in [5.74, 6) is 2.35. The van der Waals surface area contributed by atoms with E-state index in [0.717, 1.165) is 38.7 Å². The first-order valence-electron chi connectivity index (χ1n) is 10.6. The highest BCUT2D eigenvalue weighted by Crippen LogP contribution is 2.44. The van der Waals surface area contributed by atoms with E-state index in [1.54, 1.807) is 13.3 Å². The molecule has 5 rings (SSSR count). The maximum absolute atomic E-state index is 6.45. The molecule has 0 spiro atoms. The van der Waals surface area contributed by atoms with Crippen LogP contribution in [0.4, 0.5) is 5.69 Å². The van der Waals surface area contributed by atoms with Crippen LogP contribution in [0.15, 0.2) is 87.9 Å². The predicted octanol–water partition coefficient (Wildman–Crippen LogP) is 6.60. The number of aromatic nitrogens is 1. The van der Waals surface area contributed by atoms with Crippen molar-refractivity contribution in [3.8, 4) is 17.1 Å². The maximum atomic E-state index is 6.45. The molecule has 0 aliphatic carbocycles. The Morgan fingerprint density at radius 2 is 1.94 bits per heavy atom. The second-order valence-corrected chi connectivity index (χ2v) is 9.12. The van der Waals surface area contributed by atoms with E-state index in [0.29, 0.717) is 5.11 Å². The molecule has 4 aromatic rings. The molecule has 1 aliphatic rings. The van der Waals surface area contributed by atoms with Crippen LogP contribution in [-0.2, 0) is 0 Å². The van der Waals surface area contributed by atoms with Crippen LogP contribution in [0.1, 0.15) is 29.1 Å². The summed E-state index contributed by atoms with van der Waals surface area (Å²) in [5.41, 5.74) is 4.00. The van der Waals surface area contributed by atoms with Gasteiger partial charge in [-0.15, -0.1) is 0 Å². The number of halogens is 1. The third-order valence-corrected chi connectivity index (χ3v) is 6.71. The van der Waals surface area contributed by atoms with Gasteiger partial charge in [-0.05, 0) is 73.2 Å². The molecule has 0 saturated carbocycles. The van der Waals surface area contributed by atoms with Crippen molar-refractivity contribution in [3.63, 3.8) is 0 Å². The highest BCUT2D eigenvalue weighted by atomic mass is 79.9. The lowest BCUT2D eigenvalue weighted by molar-refractivity contribution is 0.414. The van der Waals surface area contributed by atoms with Crippen LogP contribution in [0.3, 0.4) is 0 Å². The minimum Gasteiger partial charge on any atom is -0.497 e. The molecule has 0 radical (unpaired) electrons. The summed E-state index contributed by atoms with van der Waals surface area (Å²) in [6, 6.07) is 23.6. The first-order chi connectivity index (χ1) is 16.0. The minimum absolute atomic E-state index is 0.176. The number of pyridine rings is 1. The van der Waals surface area contributed by atoms with Gasteiger partial charge in [-0.1, -0.05) is 34.1 Å². The van der Waals surface area contributed by atoms with E-state index in [1.165, 1.54) is 5.56 Å². The number of ether oxygens (including phenoxy) is 1. The van der Waals surface area contributed by atoms with E-state index < -0.39 is 0 Å². The summed E-state index contributed by atoms with van der Waals surface area (Å²) in [6.45, 7) is 2.07. The quantitative estimate of drug-likeness (QED) is 0.300. The third-order valence-electron chi connectivity index (χ3n) is 5.74. The van der Waals surface area contributed by atoms with Crippen LogP contribution in [0.2, 0.25) is 0 Å². The fourth-order valence-electron chi connectivity index (χ4n) is 4.16. The molecule has 3 heterocycles. The molecular formula is C26H22BrN3O2S. The van der Waals surface area contributed by atoms with Gasteiger partial charge < -0.3 is 19.4 Å². The Bertz CT molecular complexity index is 1310. The smallest absolute Gasteiger partial charge is 0.174 e. The van der Waals surface area contributed by atoms with Gasteiger partial charge in [0.1, 0.15) is 23.3 Å². The van der Waals surface area contributed by atoms with Crippen LogP contribution < -0.4 is 15.0 Å². The van der Waals surface area contributed by atoms with Crippen LogP contribution >= 0.6 is 28.1 Å². The molecule has 5 nitrogen and oxygen atoms in total. The molecule has 33 heavy (non-hydrogen) atoms. The van der Waals surface area contributed by atoms with Gasteiger partial charge >= 0.3 is 0 Å². The van der Waals surface area contributed by atoms with E-state index in [4.69, 9.17) is 21.4 Å². The van der Waals surface area contributed by atoms with Gasteiger partial charge in [0.05, 0.1) is 18.8 Å². The molecule has 1 fully saturated rings. The Labute approximate surface area is 206 Å². The van der Waals surface area contributed by atoms with E-state index in [2.05, 4.69) is 56.3 Å². The third kappa shape index (κ3) is 4.14. The van der Waals surface area contributed by atoms with Crippen molar-refractivity contribution >= 4 is 38.9 Å². The normalized spacial score (nSPS) is 17.8. The summed E-state index contributed by atoms with van der Waals surface area (Å²) < 4.78 is 12.9. The van der Waals surface area contributed by atoms with E-state index in [-0.39, 0.29) is 12.1 Å². The predicted molar refractivity (Wildman–Crippen MR) is 138 cm³/mol. The van der Waals surface area contributed by atoms with Crippen molar-refractivity contribution in [2.75, 3.05) is 12.0 Å². The van der Waals surface area contributed by atoms with E-state index in [1.807, 2.05) is 54.6 Å². The number of aryl methyl sites for hydroxylation is 1. The fraction of sp³-hybridized carbons (Fsp3) is 0.154. The molecule has 7 heteroatoms. The van der Waals surface area contributed by atoms with Crippen molar-refractivity contribution in [3.05, 3.63) is 100 Å². The van der Waals surface area contributed by atoms with Gasteiger partial charge in [0.25, 0.3) is 0 Å². The molecule has 0 amide bonds. The van der Waals surface area contributed by atoms with Crippen molar-refractivity contribution < 1.29 is 9.15 Å². The monoisotopic (exact) mass is 519 g/mol. The highest BCUT2D eigenvalue weighted by molar-refractivity contribution is 9.10. The Balaban J connectivity index is 1.61. The summed E-state index contributed by atoms with van der Waals surface area (Å²) in [4.78, 5) is 6.67. The van der Waals surface area contributed by atoms with Gasteiger partial charge in [0.2, 0.25) is 0 Å². The van der Waals surface area contributed by atoms with Crippen LogP contribution in [0.5, 0.6) is 5.75 Å². The number of nitrogens with zero attached hydrogens (tertiary/aromatic N) is 2. The fourth-order valence-corrected chi connectivity index (χ4v) is 5.19. The number of hydrogen-bond acceptors (Lipinski definition) is 4. The van der Waals surface area contributed by atoms with Crippen molar-refractivity contribution in [1.82, 2.24) is 10.3 Å². The topological polar surface area (TPSA) is 50.5 Å². The first kappa shape index (κ1) is 21.7. The zero-order valence-electron chi connectivity index (χ0n) is 18.2. The summed E-state index contributed by atoms with van der Waals surface area (Å²) in [7, 11) is 1.66. The highest BCUT2D eigenvalue weighted by Gasteiger charge is 2.42. The lowest BCUT2D eigenvalue weighted by Crippen LogP contribution is -2.29. The maximum Gasteiger partial charge on any atom is 0.174 e. The Morgan fingerprint density at radius 3 is 2.70 bits per heavy atom. The number of benzene rings is 2. The lowest BCUT2D eigenvalue weighted by atomic mass is 10.0. The number of rotatable bonds is 5. The average Bonchev–Trinajstić information content (AvgIpc) is 3.44. The molecule has 1 aliphatic heterocycles. The Kier molecular flexibility index (Phi) is 5.91. The van der Waals surface area contributed by atoms with Gasteiger partial charge in [-0.2, -0.15) is 0 Å². The zero-order valence-corrected chi connectivity index (χ0v) is 20.6. The SMILES string of the molecule is COc1cccc(N2C(=S)N[C@@H](c3ccccn3)[C@@H]2c2ccc(-c3ccc(C)cc3Br)o2)c1. The minimum atomic E-state index is -0.225. The molecular weight excluding hydrogens is 498 g/mol. The Morgan fingerprint density at radius 1 is 1.06 bits per heavy atom. The number of thiocarbonyl (C=S) groups is 1. The number of hydrogen-bond donors (Lipinski definition) is 1. The first-order valence-corrected chi connectivity index (χ1v) is 11.8. The van der Waals surface area contributed by atoms with E-state index >= 15 is 0 Å². The molecule has 166 valence electrons. The molecule has 2 aromatic heterocycles. The molecule has 2 aromatic carbocycles. The molecule has 1 saturated heterocycles. The van der Waals surface area contributed by atoms with Crippen LogP contribution in [0.25, 0.3) is 11.3 Å². The standard InChI is InChI=1S/C26H22BrN3O2S/c1-16-9-10-19(20(27)14-16)22-11-12-23(32-22)25-24(21-8-3-4-13-28-21)29-26(33)30(25)17-6-5-7-18(15-17)31-2/h3-15,24-25H,1-2H3,(H,29,33)/t24-,25-/m0/s1. The number of anilines is 1. The summed E-state index contributed by atoms with van der Waals surface area (Å²) >= 11 is 9.46. The number of furan rings is 1. The van der Waals surface area contributed by atoms with Crippen LogP contribution in [0, 0.1) is 6.92 Å². The van der Waals surface area contributed by atoms with Gasteiger partial charge in [-0.3, -0.25) is 4.98 Å². The molecule has 0 unspecified atom stereocenters. The van der Waals surface area contributed by atoms with Crippen molar-refractivity contribution in [2.45, 2.75) is 19.0 Å². The van der Waals surface area contributed by atoms with Gasteiger partial charge in [0, 0.05) is 28.0 Å².